The van der Waals surface area contributed by atoms with Gasteiger partial charge in [0.2, 0.25) is 0 Å². The van der Waals surface area contributed by atoms with Gasteiger partial charge < -0.3 is 10.1 Å². The zero-order chi connectivity index (χ0) is 16.3. The standard InChI is InChI=1S/C13H19N5O3S/c1-9-14-7-12(22(4,19)20)13(16-9)17-10(8-21-3)11-5-6-15-18(11)2/h5-7,10H,8H2,1-4H3,(H,14,16,17). The first-order valence-corrected chi connectivity index (χ1v) is 8.49. The molecule has 0 amide bonds. The van der Waals surface area contributed by atoms with Gasteiger partial charge in [0.05, 0.1) is 24.5 Å². The van der Waals surface area contributed by atoms with Crippen LogP contribution in [0, 0.1) is 6.92 Å². The van der Waals surface area contributed by atoms with Gasteiger partial charge in [-0.15, -0.1) is 0 Å². The SMILES string of the molecule is COCC(Nc1nc(C)ncc1S(C)(=O)=O)c1ccnn1C. The monoisotopic (exact) mass is 325 g/mol. The second kappa shape index (κ2) is 6.41. The first-order valence-electron chi connectivity index (χ1n) is 6.60. The summed E-state index contributed by atoms with van der Waals surface area (Å²) in [5.41, 5.74) is 0.859. The fourth-order valence-corrected chi connectivity index (χ4v) is 2.79. The molecule has 0 saturated carbocycles. The number of ether oxygens (including phenoxy) is 1. The second-order valence-electron chi connectivity index (χ2n) is 4.93. The molecule has 2 aromatic rings. The Morgan fingerprint density at radius 1 is 1.45 bits per heavy atom. The molecular formula is C13H19N5O3S. The second-order valence-corrected chi connectivity index (χ2v) is 6.92. The number of rotatable bonds is 6. The Balaban J connectivity index is 2.43. The zero-order valence-electron chi connectivity index (χ0n) is 12.9. The summed E-state index contributed by atoms with van der Waals surface area (Å²) in [6, 6.07) is 1.55. The van der Waals surface area contributed by atoms with Crippen LogP contribution in [0.5, 0.6) is 0 Å². The van der Waals surface area contributed by atoms with Gasteiger partial charge in [0, 0.05) is 26.6 Å². The van der Waals surface area contributed by atoms with Crippen LogP contribution in [0.15, 0.2) is 23.4 Å². The van der Waals surface area contributed by atoms with Crippen molar-refractivity contribution in [3.8, 4) is 0 Å². The number of methoxy groups -OCH3 is 1. The lowest BCUT2D eigenvalue weighted by Gasteiger charge is -2.20. The minimum Gasteiger partial charge on any atom is -0.382 e. The Bertz CT molecular complexity index is 757. The van der Waals surface area contributed by atoms with Gasteiger partial charge in [-0.1, -0.05) is 0 Å². The molecule has 22 heavy (non-hydrogen) atoms. The van der Waals surface area contributed by atoms with E-state index in [2.05, 4.69) is 20.4 Å². The van der Waals surface area contributed by atoms with Crippen molar-refractivity contribution in [2.45, 2.75) is 17.9 Å². The van der Waals surface area contributed by atoms with Crippen LogP contribution in [0.25, 0.3) is 0 Å². The molecule has 2 aromatic heterocycles. The van der Waals surface area contributed by atoms with Crippen molar-refractivity contribution in [1.82, 2.24) is 19.7 Å². The third kappa shape index (κ3) is 3.60. The minimum atomic E-state index is -3.44. The van der Waals surface area contributed by atoms with Crippen LogP contribution in [0.1, 0.15) is 17.6 Å². The molecule has 1 unspecified atom stereocenters. The number of aromatic nitrogens is 4. The van der Waals surface area contributed by atoms with Crippen molar-refractivity contribution in [3.63, 3.8) is 0 Å². The summed E-state index contributed by atoms with van der Waals surface area (Å²) < 4.78 is 30.7. The van der Waals surface area contributed by atoms with Gasteiger partial charge in [0.15, 0.2) is 9.84 Å². The molecule has 1 atom stereocenters. The van der Waals surface area contributed by atoms with Crippen LogP contribution < -0.4 is 5.32 Å². The molecule has 0 saturated heterocycles. The normalized spacial score (nSPS) is 13.1. The largest absolute Gasteiger partial charge is 0.382 e. The molecule has 0 spiro atoms. The average molecular weight is 325 g/mol. The molecule has 1 N–H and O–H groups in total. The third-order valence-electron chi connectivity index (χ3n) is 3.14. The van der Waals surface area contributed by atoms with Crippen molar-refractivity contribution < 1.29 is 13.2 Å². The molecule has 0 aromatic carbocycles. The van der Waals surface area contributed by atoms with Crippen LogP contribution in [-0.4, -0.2) is 48.1 Å². The molecule has 0 bridgehead atoms. The predicted molar refractivity (Wildman–Crippen MR) is 81.3 cm³/mol. The summed E-state index contributed by atoms with van der Waals surface area (Å²) in [5, 5.41) is 7.24. The Hall–Kier alpha value is -2.00. The van der Waals surface area contributed by atoms with E-state index in [0.717, 1.165) is 11.9 Å². The van der Waals surface area contributed by atoms with E-state index in [1.54, 1.807) is 24.9 Å². The summed E-state index contributed by atoms with van der Waals surface area (Å²) in [4.78, 5) is 8.23. The zero-order valence-corrected chi connectivity index (χ0v) is 13.8. The maximum Gasteiger partial charge on any atom is 0.180 e. The topological polar surface area (TPSA) is 99.0 Å². The number of hydrogen-bond donors (Lipinski definition) is 1. The van der Waals surface area contributed by atoms with Crippen LogP contribution in [0.3, 0.4) is 0 Å². The summed E-state index contributed by atoms with van der Waals surface area (Å²) >= 11 is 0. The molecule has 120 valence electrons. The lowest BCUT2D eigenvalue weighted by Crippen LogP contribution is -2.21. The minimum absolute atomic E-state index is 0.0568. The van der Waals surface area contributed by atoms with Gasteiger partial charge in [-0.25, -0.2) is 18.4 Å². The maximum atomic E-state index is 11.9. The van der Waals surface area contributed by atoms with E-state index in [4.69, 9.17) is 4.74 Å². The summed E-state index contributed by atoms with van der Waals surface area (Å²) in [6.45, 7) is 2.04. The van der Waals surface area contributed by atoms with Crippen molar-refractivity contribution in [1.29, 1.82) is 0 Å². The first-order chi connectivity index (χ1) is 10.3. The molecule has 0 radical (unpaired) electrons. The van der Waals surface area contributed by atoms with E-state index in [1.165, 1.54) is 6.20 Å². The highest BCUT2D eigenvalue weighted by molar-refractivity contribution is 7.90. The average Bonchev–Trinajstić information content (AvgIpc) is 2.83. The van der Waals surface area contributed by atoms with Gasteiger partial charge in [0.1, 0.15) is 16.5 Å². The number of sulfone groups is 1. The van der Waals surface area contributed by atoms with Crippen LogP contribution in [-0.2, 0) is 21.6 Å². The van der Waals surface area contributed by atoms with Crippen molar-refractivity contribution in [2.75, 3.05) is 25.3 Å². The van der Waals surface area contributed by atoms with E-state index in [-0.39, 0.29) is 16.8 Å². The Morgan fingerprint density at radius 3 is 2.73 bits per heavy atom. The lowest BCUT2D eigenvalue weighted by atomic mass is 10.2. The van der Waals surface area contributed by atoms with E-state index < -0.39 is 9.84 Å². The summed E-state index contributed by atoms with van der Waals surface area (Å²) in [7, 11) is -0.0554. The van der Waals surface area contributed by atoms with Crippen LogP contribution >= 0.6 is 0 Å². The molecule has 0 aliphatic heterocycles. The Kier molecular flexibility index (Phi) is 4.77. The highest BCUT2D eigenvalue weighted by Crippen LogP contribution is 2.23. The predicted octanol–water partition coefficient (Wildman–Crippen LogP) is 0.722. The fraction of sp³-hybridized carbons (Fsp3) is 0.462. The number of nitrogens with one attached hydrogen (secondary N) is 1. The van der Waals surface area contributed by atoms with Gasteiger partial charge in [-0.2, -0.15) is 5.10 Å². The van der Waals surface area contributed by atoms with E-state index >= 15 is 0 Å². The number of nitrogens with zero attached hydrogens (tertiary/aromatic N) is 4. The van der Waals surface area contributed by atoms with Gasteiger partial charge in [-0.3, -0.25) is 4.68 Å². The highest BCUT2D eigenvalue weighted by Gasteiger charge is 2.21. The lowest BCUT2D eigenvalue weighted by molar-refractivity contribution is 0.183. The number of hydrogen-bond acceptors (Lipinski definition) is 7. The molecule has 9 heteroatoms. The van der Waals surface area contributed by atoms with Gasteiger partial charge in [0.25, 0.3) is 0 Å². The third-order valence-corrected chi connectivity index (χ3v) is 4.23. The number of anilines is 1. The molecule has 0 aliphatic carbocycles. The number of aryl methyl sites for hydroxylation is 2. The summed E-state index contributed by atoms with van der Waals surface area (Å²) in [5.74, 6) is 0.745. The molecule has 2 rings (SSSR count). The van der Waals surface area contributed by atoms with Gasteiger partial charge >= 0.3 is 0 Å². The maximum absolute atomic E-state index is 11.9. The van der Waals surface area contributed by atoms with Crippen molar-refractivity contribution in [2.24, 2.45) is 7.05 Å². The fourth-order valence-electron chi connectivity index (χ4n) is 2.09. The molecular weight excluding hydrogens is 306 g/mol. The van der Waals surface area contributed by atoms with E-state index in [0.29, 0.717) is 12.4 Å². The molecule has 2 heterocycles. The Morgan fingerprint density at radius 2 is 2.18 bits per heavy atom. The summed E-state index contributed by atoms with van der Waals surface area (Å²) in [6.07, 6.45) is 4.11. The molecule has 0 fully saturated rings. The Labute approximate surface area is 129 Å². The van der Waals surface area contributed by atoms with Crippen molar-refractivity contribution in [3.05, 3.63) is 30.0 Å². The van der Waals surface area contributed by atoms with Crippen LogP contribution in [0.4, 0.5) is 5.82 Å². The van der Waals surface area contributed by atoms with E-state index in [1.807, 2.05) is 13.1 Å². The molecule has 0 aliphatic rings. The van der Waals surface area contributed by atoms with Gasteiger partial charge in [-0.05, 0) is 13.0 Å². The van der Waals surface area contributed by atoms with Crippen LogP contribution in [0.2, 0.25) is 0 Å². The van der Waals surface area contributed by atoms with Crippen molar-refractivity contribution >= 4 is 15.7 Å². The van der Waals surface area contributed by atoms with E-state index in [9.17, 15) is 8.42 Å². The highest BCUT2D eigenvalue weighted by atomic mass is 32.2. The first kappa shape index (κ1) is 16.4. The quantitative estimate of drug-likeness (QED) is 0.835. The molecule has 8 nitrogen and oxygen atoms in total. The smallest absolute Gasteiger partial charge is 0.180 e.